The zero-order chi connectivity index (χ0) is 14.9. The van der Waals surface area contributed by atoms with Crippen LogP contribution in [0.4, 0.5) is 13.2 Å². The lowest BCUT2D eigenvalue weighted by atomic mass is 10.1. The van der Waals surface area contributed by atoms with Gasteiger partial charge in [0, 0.05) is 12.4 Å². The molecule has 2 rings (SSSR count). The number of carbonyl (C=O) groups is 1. The highest BCUT2D eigenvalue weighted by atomic mass is 19.4. The zero-order valence-corrected chi connectivity index (χ0v) is 9.72. The van der Waals surface area contributed by atoms with Gasteiger partial charge in [0.15, 0.2) is 0 Å². The molecule has 8 heteroatoms. The van der Waals surface area contributed by atoms with Crippen LogP contribution in [0, 0.1) is 11.3 Å². The first kappa shape index (κ1) is 13.6. The summed E-state index contributed by atoms with van der Waals surface area (Å²) >= 11 is 0. The van der Waals surface area contributed by atoms with E-state index < -0.39 is 23.3 Å². The van der Waals surface area contributed by atoms with Gasteiger partial charge in [-0.05, 0) is 18.2 Å². The summed E-state index contributed by atoms with van der Waals surface area (Å²) in [5, 5.41) is 17.9. The topological polar surface area (TPSA) is 78.9 Å². The van der Waals surface area contributed by atoms with Gasteiger partial charge in [-0.2, -0.15) is 18.4 Å². The molecule has 0 saturated heterocycles. The molecule has 0 radical (unpaired) electrons. The van der Waals surface area contributed by atoms with E-state index in [0.29, 0.717) is 6.07 Å². The van der Waals surface area contributed by atoms with Crippen molar-refractivity contribution < 1.29 is 23.1 Å². The molecule has 1 aromatic heterocycles. The summed E-state index contributed by atoms with van der Waals surface area (Å²) in [5.41, 5.74) is -1.69. The summed E-state index contributed by atoms with van der Waals surface area (Å²) < 4.78 is 38.9. The molecular formula is C12H6F3N3O2. The third-order valence-corrected chi connectivity index (χ3v) is 2.55. The number of alkyl halides is 3. The number of nitrogens with zero attached hydrogens (tertiary/aromatic N) is 3. The SMILES string of the molecule is N#Cc1nccn1-c1ccc(C(F)(F)F)cc1C(=O)O. The van der Waals surface area contributed by atoms with E-state index in [4.69, 9.17) is 10.4 Å². The van der Waals surface area contributed by atoms with Crippen molar-refractivity contribution in [2.45, 2.75) is 6.18 Å². The largest absolute Gasteiger partial charge is 0.478 e. The molecule has 5 nitrogen and oxygen atoms in total. The molecule has 1 heterocycles. The highest BCUT2D eigenvalue weighted by molar-refractivity contribution is 5.92. The number of aromatic nitrogens is 2. The van der Waals surface area contributed by atoms with Gasteiger partial charge in [-0.15, -0.1) is 0 Å². The molecule has 0 aliphatic carbocycles. The Labute approximate surface area is 110 Å². The number of benzene rings is 1. The summed E-state index contributed by atoms with van der Waals surface area (Å²) in [6, 6.07) is 4.00. The van der Waals surface area contributed by atoms with E-state index in [1.165, 1.54) is 12.4 Å². The highest BCUT2D eigenvalue weighted by Gasteiger charge is 2.32. The summed E-state index contributed by atoms with van der Waals surface area (Å²) in [6.07, 6.45) is -2.09. The fraction of sp³-hybridized carbons (Fsp3) is 0.0833. The van der Waals surface area contributed by atoms with Crippen LogP contribution in [0.25, 0.3) is 5.69 Å². The first-order valence-corrected chi connectivity index (χ1v) is 5.23. The second-order valence-electron chi connectivity index (χ2n) is 3.77. The average molecular weight is 281 g/mol. The molecule has 20 heavy (non-hydrogen) atoms. The van der Waals surface area contributed by atoms with Crippen molar-refractivity contribution in [1.29, 1.82) is 5.26 Å². The molecule has 0 spiro atoms. The van der Waals surface area contributed by atoms with Crippen LogP contribution in [0.15, 0.2) is 30.6 Å². The third-order valence-electron chi connectivity index (χ3n) is 2.55. The standard InChI is InChI=1S/C12H6F3N3O2/c13-12(14,15)7-1-2-9(8(5-7)11(19)20)18-4-3-17-10(18)6-16/h1-5H,(H,19,20). The molecule has 1 N–H and O–H groups in total. The van der Waals surface area contributed by atoms with Crippen molar-refractivity contribution in [2.24, 2.45) is 0 Å². The van der Waals surface area contributed by atoms with E-state index in [1.54, 1.807) is 6.07 Å². The molecule has 0 aliphatic rings. The Morgan fingerprint density at radius 1 is 1.40 bits per heavy atom. The molecule has 0 bridgehead atoms. The van der Waals surface area contributed by atoms with Crippen LogP contribution in [0.2, 0.25) is 0 Å². The normalized spacial score (nSPS) is 11.1. The Morgan fingerprint density at radius 2 is 2.10 bits per heavy atom. The predicted octanol–water partition coefficient (Wildman–Crippen LogP) is 2.46. The summed E-state index contributed by atoms with van der Waals surface area (Å²) in [4.78, 5) is 14.8. The van der Waals surface area contributed by atoms with E-state index >= 15 is 0 Å². The minimum Gasteiger partial charge on any atom is -0.478 e. The maximum Gasteiger partial charge on any atom is 0.416 e. The smallest absolute Gasteiger partial charge is 0.416 e. The molecule has 2 aromatic rings. The summed E-state index contributed by atoms with van der Waals surface area (Å²) in [7, 11) is 0. The Hall–Kier alpha value is -2.82. The van der Waals surface area contributed by atoms with Gasteiger partial charge in [0.05, 0.1) is 16.8 Å². The Balaban J connectivity index is 2.67. The van der Waals surface area contributed by atoms with Crippen LogP contribution >= 0.6 is 0 Å². The fourth-order valence-corrected chi connectivity index (χ4v) is 1.67. The third kappa shape index (κ3) is 2.33. The Bertz CT molecular complexity index is 713. The molecule has 0 unspecified atom stereocenters. The fourth-order valence-electron chi connectivity index (χ4n) is 1.67. The lowest BCUT2D eigenvalue weighted by molar-refractivity contribution is -0.137. The molecular weight excluding hydrogens is 275 g/mol. The Morgan fingerprint density at radius 3 is 2.65 bits per heavy atom. The van der Waals surface area contributed by atoms with Gasteiger partial charge in [0.2, 0.25) is 5.82 Å². The van der Waals surface area contributed by atoms with E-state index in [0.717, 1.165) is 16.7 Å². The number of carboxylic acid groups (broad SMARTS) is 1. The van der Waals surface area contributed by atoms with Crippen LogP contribution in [-0.4, -0.2) is 20.6 Å². The maximum absolute atomic E-state index is 12.6. The van der Waals surface area contributed by atoms with Gasteiger partial charge in [-0.3, -0.25) is 4.57 Å². The van der Waals surface area contributed by atoms with Crippen LogP contribution in [0.3, 0.4) is 0 Å². The van der Waals surface area contributed by atoms with Crippen LogP contribution < -0.4 is 0 Å². The number of halogens is 3. The van der Waals surface area contributed by atoms with Crippen molar-refractivity contribution in [3.63, 3.8) is 0 Å². The minimum atomic E-state index is -4.64. The molecule has 0 saturated carbocycles. The molecule has 0 amide bonds. The van der Waals surface area contributed by atoms with Crippen LogP contribution in [0.5, 0.6) is 0 Å². The number of carboxylic acids is 1. The van der Waals surface area contributed by atoms with Crippen molar-refractivity contribution in [2.75, 3.05) is 0 Å². The number of aromatic carboxylic acids is 1. The first-order chi connectivity index (χ1) is 9.34. The van der Waals surface area contributed by atoms with Gasteiger partial charge >= 0.3 is 12.1 Å². The highest BCUT2D eigenvalue weighted by Crippen LogP contribution is 2.31. The number of nitriles is 1. The summed E-state index contributed by atoms with van der Waals surface area (Å²) in [6.45, 7) is 0. The van der Waals surface area contributed by atoms with Gasteiger partial charge < -0.3 is 5.11 Å². The first-order valence-electron chi connectivity index (χ1n) is 5.23. The minimum absolute atomic E-state index is 0.0560. The van der Waals surface area contributed by atoms with Crippen LogP contribution in [-0.2, 0) is 6.18 Å². The van der Waals surface area contributed by atoms with Gasteiger partial charge in [-0.25, -0.2) is 9.78 Å². The monoisotopic (exact) mass is 281 g/mol. The second-order valence-corrected chi connectivity index (χ2v) is 3.77. The molecule has 102 valence electrons. The zero-order valence-electron chi connectivity index (χ0n) is 9.72. The number of rotatable bonds is 2. The van der Waals surface area contributed by atoms with Crippen LogP contribution in [0.1, 0.15) is 21.7 Å². The Kier molecular flexibility index (Phi) is 3.19. The molecule has 0 aliphatic heterocycles. The average Bonchev–Trinajstić information content (AvgIpc) is 2.84. The quantitative estimate of drug-likeness (QED) is 0.917. The predicted molar refractivity (Wildman–Crippen MR) is 60.2 cm³/mol. The van der Waals surface area contributed by atoms with E-state index in [-0.39, 0.29) is 11.5 Å². The lowest BCUT2D eigenvalue weighted by Gasteiger charge is -2.12. The number of hydrogen-bond donors (Lipinski definition) is 1. The number of hydrogen-bond acceptors (Lipinski definition) is 3. The van der Waals surface area contributed by atoms with Gasteiger partial charge in [0.25, 0.3) is 0 Å². The second kappa shape index (κ2) is 4.70. The van der Waals surface area contributed by atoms with Crippen molar-refractivity contribution in [1.82, 2.24) is 9.55 Å². The summed E-state index contributed by atoms with van der Waals surface area (Å²) in [5.74, 6) is -1.64. The molecule has 0 fully saturated rings. The van der Waals surface area contributed by atoms with Crippen molar-refractivity contribution in [3.05, 3.63) is 47.5 Å². The number of imidazole rings is 1. The van der Waals surface area contributed by atoms with Crippen molar-refractivity contribution in [3.8, 4) is 11.8 Å². The van der Waals surface area contributed by atoms with E-state index in [1.807, 2.05) is 0 Å². The van der Waals surface area contributed by atoms with Gasteiger partial charge in [-0.1, -0.05) is 0 Å². The molecule has 0 atom stereocenters. The van der Waals surface area contributed by atoms with Crippen molar-refractivity contribution >= 4 is 5.97 Å². The van der Waals surface area contributed by atoms with Gasteiger partial charge in [0.1, 0.15) is 6.07 Å². The molecule has 1 aromatic carbocycles. The maximum atomic E-state index is 12.6. The van der Waals surface area contributed by atoms with E-state index in [2.05, 4.69) is 4.98 Å². The lowest BCUT2D eigenvalue weighted by Crippen LogP contribution is -2.11. The van der Waals surface area contributed by atoms with E-state index in [9.17, 15) is 18.0 Å².